The Morgan fingerprint density at radius 3 is 0.563 bits per heavy atom. The highest BCUT2D eigenvalue weighted by Gasteiger charge is 2.19. The minimum absolute atomic E-state index is 0.0614. The van der Waals surface area contributed by atoms with Gasteiger partial charge in [0, 0.05) is 19.3 Å². The zero-order valence-electron chi connectivity index (χ0n) is 48.5. The van der Waals surface area contributed by atoms with Crippen LogP contribution in [0.15, 0.2) is 0 Å². The summed E-state index contributed by atoms with van der Waals surface area (Å²) in [6, 6.07) is 0. The highest BCUT2D eigenvalue weighted by Crippen LogP contribution is 2.19. The van der Waals surface area contributed by atoms with Gasteiger partial charge < -0.3 is 14.2 Å². The van der Waals surface area contributed by atoms with E-state index in [1.165, 1.54) is 283 Å². The Hall–Kier alpha value is -1.59. The monoisotopic (exact) mass is 1000 g/mol. The lowest BCUT2D eigenvalue weighted by Crippen LogP contribution is -2.30. The van der Waals surface area contributed by atoms with Crippen LogP contribution in [-0.4, -0.2) is 37.2 Å². The standard InChI is InChI=1S/C65H126O6/c1-4-7-10-13-16-19-21-23-24-25-26-27-28-29-30-31-32-33-34-35-36-37-38-39-40-42-43-46-49-52-55-58-64(67)70-61-62(60-69-63(66)57-54-51-48-45-18-15-12-9-6-3)71-65(68)59-56-53-50-47-44-41-22-20-17-14-11-8-5-2/h62H,4-61H2,1-3H3. The maximum atomic E-state index is 12.8. The van der Waals surface area contributed by atoms with E-state index >= 15 is 0 Å². The molecule has 0 bridgehead atoms. The summed E-state index contributed by atoms with van der Waals surface area (Å²) in [5, 5.41) is 0. The molecule has 0 fully saturated rings. The highest BCUT2D eigenvalue weighted by molar-refractivity contribution is 5.71. The van der Waals surface area contributed by atoms with E-state index in [4.69, 9.17) is 14.2 Å². The topological polar surface area (TPSA) is 78.9 Å². The predicted octanol–water partition coefficient (Wildman–Crippen LogP) is 21.9. The van der Waals surface area contributed by atoms with Crippen molar-refractivity contribution in [1.82, 2.24) is 0 Å². The van der Waals surface area contributed by atoms with Crippen LogP contribution in [0.3, 0.4) is 0 Å². The lowest BCUT2D eigenvalue weighted by Gasteiger charge is -2.18. The molecule has 0 saturated carbocycles. The molecule has 0 rings (SSSR count). The molecule has 0 aliphatic carbocycles. The van der Waals surface area contributed by atoms with Crippen molar-refractivity contribution in [3.8, 4) is 0 Å². The third-order valence-corrected chi connectivity index (χ3v) is 15.1. The lowest BCUT2D eigenvalue weighted by molar-refractivity contribution is -0.167. The Morgan fingerprint density at radius 2 is 0.380 bits per heavy atom. The molecule has 0 aromatic carbocycles. The molecule has 0 radical (unpaired) electrons. The molecule has 0 amide bonds. The first-order valence-corrected chi connectivity index (χ1v) is 32.5. The van der Waals surface area contributed by atoms with Crippen molar-refractivity contribution < 1.29 is 28.6 Å². The minimum atomic E-state index is -0.760. The Labute approximate surface area is 444 Å². The smallest absolute Gasteiger partial charge is 0.306 e. The van der Waals surface area contributed by atoms with Gasteiger partial charge in [-0.2, -0.15) is 0 Å². The molecule has 0 N–H and O–H groups in total. The Morgan fingerprint density at radius 1 is 0.225 bits per heavy atom. The summed E-state index contributed by atoms with van der Waals surface area (Å²) in [6.07, 6.45) is 70.1. The molecule has 0 aliphatic rings. The van der Waals surface area contributed by atoms with Crippen LogP contribution in [-0.2, 0) is 28.6 Å². The number of esters is 3. The molecule has 0 saturated heterocycles. The predicted molar refractivity (Wildman–Crippen MR) is 307 cm³/mol. The van der Waals surface area contributed by atoms with Crippen molar-refractivity contribution >= 4 is 17.9 Å². The third-order valence-electron chi connectivity index (χ3n) is 15.1. The molecule has 1 unspecified atom stereocenters. The average Bonchev–Trinajstić information content (AvgIpc) is 3.37. The van der Waals surface area contributed by atoms with Crippen molar-refractivity contribution in [2.75, 3.05) is 13.2 Å². The molecule has 6 nitrogen and oxygen atoms in total. The van der Waals surface area contributed by atoms with Gasteiger partial charge in [0.1, 0.15) is 13.2 Å². The van der Waals surface area contributed by atoms with Gasteiger partial charge >= 0.3 is 17.9 Å². The second-order valence-corrected chi connectivity index (χ2v) is 22.4. The summed E-state index contributed by atoms with van der Waals surface area (Å²) < 4.78 is 16.9. The molecular formula is C65H126O6. The van der Waals surface area contributed by atoms with E-state index in [0.29, 0.717) is 19.3 Å². The van der Waals surface area contributed by atoms with Crippen molar-refractivity contribution in [3.63, 3.8) is 0 Å². The van der Waals surface area contributed by atoms with Gasteiger partial charge in [0.2, 0.25) is 0 Å². The van der Waals surface area contributed by atoms with E-state index in [2.05, 4.69) is 20.8 Å². The summed E-state index contributed by atoms with van der Waals surface area (Å²) in [5.74, 6) is -0.836. The number of unbranched alkanes of at least 4 members (excludes halogenated alkanes) is 50. The van der Waals surface area contributed by atoms with E-state index in [1.807, 2.05) is 0 Å². The minimum Gasteiger partial charge on any atom is -0.462 e. The number of hydrogen-bond acceptors (Lipinski definition) is 6. The van der Waals surface area contributed by atoms with Gasteiger partial charge in [-0.05, 0) is 19.3 Å². The van der Waals surface area contributed by atoms with Gasteiger partial charge in [-0.3, -0.25) is 14.4 Å². The highest BCUT2D eigenvalue weighted by atomic mass is 16.6. The van der Waals surface area contributed by atoms with E-state index in [1.54, 1.807) is 0 Å². The fourth-order valence-electron chi connectivity index (χ4n) is 10.2. The van der Waals surface area contributed by atoms with Crippen LogP contribution in [0, 0.1) is 0 Å². The molecule has 422 valence electrons. The fourth-order valence-corrected chi connectivity index (χ4v) is 10.2. The second kappa shape index (κ2) is 61.0. The molecule has 0 aromatic heterocycles. The Kier molecular flexibility index (Phi) is 59.6. The van der Waals surface area contributed by atoms with Gasteiger partial charge in [0.25, 0.3) is 0 Å². The van der Waals surface area contributed by atoms with Crippen molar-refractivity contribution in [3.05, 3.63) is 0 Å². The molecule has 71 heavy (non-hydrogen) atoms. The van der Waals surface area contributed by atoms with E-state index in [0.717, 1.165) is 57.8 Å². The van der Waals surface area contributed by atoms with Crippen LogP contribution in [0.25, 0.3) is 0 Å². The SMILES string of the molecule is CCCCCCCCCCCCCCCCCCCCCCCCCCCCCCCCCC(=O)OCC(COC(=O)CCCCCCCCCCC)OC(=O)CCCCCCCCCCCCCCC. The van der Waals surface area contributed by atoms with Crippen LogP contribution >= 0.6 is 0 Å². The van der Waals surface area contributed by atoms with Gasteiger partial charge in [0.05, 0.1) is 0 Å². The number of hydrogen-bond donors (Lipinski definition) is 0. The molecular weight excluding hydrogens is 877 g/mol. The number of ether oxygens (including phenoxy) is 3. The van der Waals surface area contributed by atoms with Crippen molar-refractivity contribution in [2.45, 2.75) is 386 Å². The molecule has 0 aliphatic heterocycles. The summed E-state index contributed by atoms with van der Waals surface area (Å²) >= 11 is 0. The van der Waals surface area contributed by atoms with Gasteiger partial charge in [-0.1, -0.05) is 342 Å². The number of rotatable bonds is 61. The maximum absolute atomic E-state index is 12.8. The summed E-state index contributed by atoms with van der Waals surface area (Å²) in [7, 11) is 0. The van der Waals surface area contributed by atoms with Gasteiger partial charge in [-0.25, -0.2) is 0 Å². The maximum Gasteiger partial charge on any atom is 0.306 e. The van der Waals surface area contributed by atoms with E-state index < -0.39 is 6.10 Å². The molecule has 6 heteroatoms. The van der Waals surface area contributed by atoms with Crippen LogP contribution in [0.2, 0.25) is 0 Å². The zero-order chi connectivity index (χ0) is 51.4. The van der Waals surface area contributed by atoms with Gasteiger partial charge in [-0.15, -0.1) is 0 Å². The molecule has 0 aromatic rings. The fraction of sp³-hybridized carbons (Fsp3) is 0.954. The van der Waals surface area contributed by atoms with Crippen LogP contribution in [0.4, 0.5) is 0 Å². The second-order valence-electron chi connectivity index (χ2n) is 22.4. The van der Waals surface area contributed by atoms with Gasteiger partial charge in [0.15, 0.2) is 6.10 Å². The quantitative estimate of drug-likeness (QED) is 0.0343. The van der Waals surface area contributed by atoms with Crippen LogP contribution in [0.1, 0.15) is 380 Å². The van der Waals surface area contributed by atoms with Crippen molar-refractivity contribution in [1.29, 1.82) is 0 Å². The normalized spacial score (nSPS) is 11.9. The van der Waals surface area contributed by atoms with Crippen LogP contribution < -0.4 is 0 Å². The summed E-state index contributed by atoms with van der Waals surface area (Å²) in [4.78, 5) is 38.1. The molecule has 1 atom stereocenters. The Bertz CT molecular complexity index is 1060. The zero-order valence-corrected chi connectivity index (χ0v) is 48.5. The number of carbonyl (C=O) groups is 3. The average molecular weight is 1000 g/mol. The first-order valence-electron chi connectivity index (χ1n) is 32.5. The summed E-state index contributed by atoms with van der Waals surface area (Å²) in [6.45, 7) is 6.69. The first-order chi connectivity index (χ1) is 35.0. The number of carbonyl (C=O) groups excluding carboxylic acids is 3. The lowest BCUT2D eigenvalue weighted by atomic mass is 10.0. The van der Waals surface area contributed by atoms with E-state index in [9.17, 15) is 14.4 Å². The largest absolute Gasteiger partial charge is 0.462 e. The van der Waals surface area contributed by atoms with Crippen LogP contribution in [0.5, 0.6) is 0 Å². The first kappa shape index (κ1) is 69.4. The molecule has 0 heterocycles. The third kappa shape index (κ3) is 59.2. The molecule has 0 spiro atoms. The van der Waals surface area contributed by atoms with E-state index in [-0.39, 0.29) is 31.1 Å². The summed E-state index contributed by atoms with van der Waals surface area (Å²) in [5.41, 5.74) is 0. The Balaban J connectivity index is 3.96. The van der Waals surface area contributed by atoms with Crippen molar-refractivity contribution in [2.24, 2.45) is 0 Å².